The van der Waals surface area contributed by atoms with Gasteiger partial charge in [0.15, 0.2) is 0 Å². The molecule has 1 aliphatic heterocycles. The maximum atomic E-state index is 11.7. The van der Waals surface area contributed by atoms with E-state index in [2.05, 4.69) is 4.99 Å². The Labute approximate surface area is 143 Å². The van der Waals surface area contributed by atoms with Gasteiger partial charge in [-0.2, -0.15) is 0 Å². The first-order valence-corrected chi connectivity index (χ1v) is 7.75. The molecule has 0 saturated carbocycles. The number of hydrogen-bond acceptors (Lipinski definition) is 5. The molecule has 1 aromatic carbocycles. The van der Waals surface area contributed by atoms with Gasteiger partial charge in [-0.1, -0.05) is 48.7 Å². The van der Waals surface area contributed by atoms with Crippen molar-refractivity contribution >= 4 is 29.0 Å². The maximum Gasteiger partial charge on any atom is 0.279 e. The van der Waals surface area contributed by atoms with E-state index in [1.54, 1.807) is 18.2 Å². The van der Waals surface area contributed by atoms with Crippen LogP contribution >= 0.6 is 23.2 Å². The number of rotatable bonds is 4. The van der Waals surface area contributed by atoms with Gasteiger partial charge in [0.2, 0.25) is 0 Å². The molecule has 0 aliphatic carbocycles. The van der Waals surface area contributed by atoms with Crippen LogP contribution < -0.4 is 11.5 Å². The Hall–Kier alpha value is -2.05. The van der Waals surface area contributed by atoms with Gasteiger partial charge in [-0.05, 0) is 18.1 Å². The van der Waals surface area contributed by atoms with Crippen molar-refractivity contribution in [2.45, 2.75) is 25.7 Å². The highest BCUT2D eigenvalue weighted by Crippen LogP contribution is 2.42. The first-order valence-electron chi connectivity index (χ1n) is 7.00. The van der Waals surface area contributed by atoms with E-state index in [-0.39, 0.29) is 16.6 Å². The molecule has 0 aromatic heterocycles. The van der Waals surface area contributed by atoms with E-state index in [1.807, 2.05) is 6.92 Å². The SMILES string of the molecule is CCCC1=C([N+](=O)[O-])C(c2cccc(Cl)c2Cl)/C(=C/N)C(N)=N1. The smallest absolute Gasteiger partial charge is 0.279 e. The Bertz CT molecular complexity index is 741. The first kappa shape index (κ1) is 17.3. The monoisotopic (exact) mass is 354 g/mol. The molecule has 2 rings (SSSR count). The van der Waals surface area contributed by atoms with E-state index < -0.39 is 10.8 Å². The summed E-state index contributed by atoms with van der Waals surface area (Å²) in [6.45, 7) is 1.91. The van der Waals surface area contributed by atoms with E-state index in [0.717, 1.165) is 0 Å². The standard InChI is InChI=1S/C15H16Cl2N4O2/c1-2-4-11-14(21(22)23)12(9(7-18)15(19)20-11)8-5-3-6-10(16)13(8)17/h3,5-7,12H,2,4,18H2,1H3,(H2,19,20)/b9-7-. The minimum absolute atomic E-state index is 0.0677. The van der Waals surface area contributed by atoms with Crippen molar-refractivity contribution in [1.82, 2.24) is 0 Å². The van der Waals surface area contributed by atoms with Crippen LogP contribution in [-0.4, -0.2) is 10.8 Å². The molecule has 1 heterocycles. The summed E-state index contributed by atoms with van der Waals surface area (Å²) in [6, 6.07) is 4.97. The van der Waals surface area contributed by atoms with Gasteiger partial charge in [0.05, 0.1) is 15.0 Å². The highest BCUT2D eigenvalue weighted by atomic mass is 35.5. The minimum Gasteiger partial charge on any atom is -0.404 e. The molecule has 0 bridgehead atoms. The van der Waals surface area contributed by atoms with Crippen molar-refractivity contribution in [3.8, 4) is 0 Å². The topological polar surface area (TPSA) is 108 Å². The summed E-state index contributed by atoms with van der Waals surface area (Å²) in [5.74, 6) is -0.650. The predicted octanol–water partition coefficient (Wildman–Crippen LogP) is 3.58. The fourth-order valence-corrected chi connectivity index (χ4v) is 3.02. The van der Waals surface area contributed by atoms with Crippen LogP contribution in [0, 0.1) is 10.1 Å². The van der Waals surface area contributed by atoms with E-state index >= 15 is 0 Å². The van der Waals surface area contributed by atoms with Crippen molar-refractivity contribution in [2.24, 2.45) is 16.5 Å². The van der Waals surface area contributed by atoms with E-state index in [0.29, 0.717) is 34.7 Å². The third kappa shape index (κ3) is 3.18. The zero-order valence-corrected chi connectivity index (χ0v) is 13.9. The second-order valence-corrected chi connectivity index (χ2v) is 5.82. The maximum absolute atomic E-state index is 11.7. The van der Waals surface area contributed by atoms with Gasteiger partial charge >= 0.3 is 0 Å². The van der Waals surface area contributed by atoms with Gasteiger partial charge in [-0.25, -0.2) is 4.99 Å². The summed E-state index contributed by atoms with van der Waals surface area (Å²) in [4.78, 5) is 15.4. The number of amidine groups is 1. The van der Waals surface area contributed by atoms with E-state index in [4.69, 9.17) is 34.7 Å². The largest absolute Gasteiger partial charge is 0.404 e. The highest BCUT2D eigenvalue weighted by molar-refractivity contribution is 6.42. The molecule has 1 aromatic rings. The van der Waals surface area contributed by atoms with E-state index in [1.165, 1.54) is 6.20 Å². The third-order valence-electron chi connectivity index (χ3n) is 3.59. The average Bonchev–Trinajstić information content (AvgIpc) is 2.49. The van der Waals surface area contributed by atoms with Crippen molar-refractivity contribution in [2.75, 3.05) is 0 Å². The molecule has 23 heavy (non-hydrogen) atoms. The van der Waals surface area contributed by atoms with Crippen molar-refractivity contribution < 1.29 is 4.92 Å². The minimum atomic E-state index is -0.805. The number of nitro groups is 1. The molecule has 122 valence electrons. The lowest BCUT2D eigenvalue weighted by Crippen LogP contribution is -2.29. The summed E-state index contributed by atoms with van der Waals surface area (Å²) in [6.07, 6.45) is 2.36. The summed E-state index contributed by atoms with van der Waals surface area (Å²) in [5, 5.41) is 12.2. The number of hydrogen-bond donors (Lipinski definition) is 2. The Morgan fingerprint density at radius 1 is 1.43 bits per heavy atom. The van der Waals surface area contributed by atoms with Crippen LogP contribution in [0.5, 0.6) is 0 Å². The fourth-order valence-electron chi connectivity index (χ4n) is 2.60. The van der Waals surface area contributed by atoms with Gasteiger partial charge < -0.3 is 11.5 Å². The van der Waals surface area contributed by atoms with Crippen LogP contribution in [0.25, 0.3) is 0 Å². The lowest BCUT2D eigenvalue weighted by Gasteiger charge is -2.24. The molecule has 4 N–H and O–H groups in total. The Balaban J connectivity index is 2.76. The molecule has 8 heteroatoms. The van der Waals surface area contributed by atoms with Crippen LogP contribution in [0.2, 0.25) is 10.0 Å². The Morgan fingerprint density at radius 3 is 2.70 bits per heavy atom. The number of allylic oxidation sites excluding steroid dienone is 2. The van der Waals surface area contributed by atoms with Gasteiger partial charge in [0.1, 0.15) is 17.5 Å². The van der Waals surface area contributed by atoms with Crippen LogP contribution in [-0.2, 0) is 0 Å². The van der Waals surface area contributed by atoms with Gasteiger partial charge in [-0.3, -0.25) is 10.1 Å². The lowest BCUT2D eigenvalue weighted by molar-refractivity contribution is -0.430. The van der Waals surface area contributed by atoms with Crippen LogP contribution in [0.1, 0.15) is 31.2 Å². The Kier molecular flexibility index (Phi) is 5.28. The predicted molar refractivity (Wildman–Crippen MR) is 92.0 cm³/mol. The molecule has 0 fully saturated rings. The highest BCUT2D eigenvalue weighted by Gasteiger charge is 2.39. The average molecular weight is 355 g/mol. The first-order chi connectivity index (χ1) is 10.9. The molecule has 0 radical (unpaired) electrons. The summed E-state index contributed by atoms with van der Waals surface area (Å²) in [5.41, 5.74) is 12.7. The molecule has 1 unspecified atom stereocenters. The quantitative estimate of drug-likeness (QED) is 0.636. The fraction of sp³-hybridized carbons (Fsp3) is 0.267. The van der Waals surface area contributed by atoms with Crippen LogP contribution in [0.4, 0.5) is 0 Å². The van der Waals surface area contributed by atoms with Gasteiger partial charge in [0, 0.05) is 11.8 Å². The van der Waals surface area contributed by atoms with Crippen LogP contribution in [0.3, 0.4) is 0 Å². The molecule has 0 amide bonds. The number of nitrogens with zero attached hydrogens (tertiary/aromatic N) is 2. The van der Waals surface area contributed by atoms with Crippen LogP contribution in [0.15, 0.2) is 46.4 Å². The number of benzene rings is 1. The molecule has 0 saturated heterocycles. The molecular formula is C15H16Cl2N4O2. The summed E-state index contributed by atoms with van der Waals surface area (Å²) < 4.78 is 0. The second kappa shape index (κ2) is 7.02. The summed E-state index contributed by atoms with van der Waals surface area (Å²) >= 11 is 12.3. The third-order valence-corrected chi connectivity index (χ3v) is 4.42. The van der Waals surface area contributed by atoms with E-state index in [9.17, 15) is 10.1 Å². The zero-order valence-electron chi connectivity index (χ0n) is 12.4. The molecule has 0 spiro atoms. The normalized spacial score (nSPS) is 19.9. The van der Waals surface area contributed by atoms with Crippen molar-refractivity contribution in [3.63, 3.8) is 0 Å². The number of nitrogens with two attached hydrogens (primary N) is 2. The molecule has 6 nitrogen and oxygen atoms in total. The number of aliphatic imine (C=N–C) groups is 1. The Morgan fingerprint density at radius 2 is 2.13 bits per heavy atom. The van der Waals surface area contributed by atoms with Crippen molar-refractivity contribution in [1.29, 1.82) is 0 Å². The second-order valence-electron chi connectivity index (χ2n) is 5.03. The molecular weight excluding hydrogens is 339 g/mol. The van der Waals surface area contributed by atoms with Gasteiger partial charge in [0.25, 0.3) is 5.70 Å². The van der Waals surface area contributed by atoms with Gasteiger partial charge in [-0.15, -0.1) is 0 Å². The molecule has 1 atom stereocenters. The molecule has 1 aliphatic rings. The number of halogens is 2. The van der Waals surface area contributed by atoms with Crippen molar-refractivity contribution in [3.05, 3.63) is 67.1 Å². The zero-order chi connectivity index (χ0) is 17.1. The lowest BCUT2D eigenvalue weighted by atomic mass is 9.84. The summed E-state index contributed by atoms with van der Waals surface area (Å²) in [7, 11) is 0.